The lowest BCUT2D eigenvalue weighted by Crippen LogP contribution is -2.31. The molecule has 1 aliphatic rings. The van der Waals surface area contributed by atoms with Crippen LogP contribution in [-0.2, 0) is 19.0 Å². The fraction of sp³-hybridized carbons (Fsp3) is 0.625. The predicted molar refractivity (Wildman–Crippen MR) is 48.7 cm³/mol. The molecule has 0 aromatic heterocycles. The molecule has 0 aliphatic carbocycles. The fourth-order valence-electron chi connectivity index (χ4n) is 1.14. The first-order chi connectivity index (χ1) is 7.51. The molecule has 5 nitrogen and oxygen atoms in total. The van der Waals surface area contributed by atoms with Crippen molar-refractivity contribution in [2.75, 3.05) is 6.61 Å². The van der Waals surface area contributed by atoms with E-state index in [0.717, 1.165) is 0 Å². The lowest BCUT2D eigenvalue weighted by molar-refractivity contribution is -0.0548. The quantitative estimate of drug-likeness (QED) is 0.561. The number of rotatable bonds is 2. The van der Waals surface area contributed by atoms with Crippen molar-refractivity contribution in [2.45, 2.75) is 25.0 Å². The summed E-state index contributed by atoms with van der Waals surface area (Å²) in [7, 11) is -5.78. The first-order valence-electron chi connectivity index (χ1n) is 4.30. The van der Waals surface area contributed by atoms with Crippen molar-refractivity contribution in [1.29, 1.82) is 5.26 Å². The summed E-state index contributed by atoms with van der Waals surface area (Å²) in [6, 6.07) is 1.54. The Balaban J connectivity index is 3.16. The molecule has 0 atom stereocenters. The van der Waals surface area contributed by atoms with Gasteiger partial charge in [0.2, 0.25) is 0 Å². The molecule has 0 spiro atoms. The summed E-state index contributed by atoms with van der Waals surface area (Å²) in [6.07, 6.45) is 0. The number of alkyl halides is 3. The second-order valence-corrected chi connectivity index (χ2v) is 5.24. The molecule has 0 radical (unpaired) electrons. The minimum absolute atomic E-state index is 0.275. The maximum atomic E-state index is 12.1. The summed E-state index contributed by atoms with van der Waals surface area (Å²) in [5.74, 6) is -0.627. The van der Waals surface area contributed by atoms with Gasteiger partial charge < -0.3 is 8.92 Å². The van der Waals surface area contributed by atoms with E-state index in [9.17, 15) is 21.6 Å². The molecular formula is C8H8F3NO4S. The Kier molecular flexibility index (Phi) is 3.15. The van der Waals surface area contributed by atoms with Gasteiger partial charge in [-0.1, -0.05) is 0 Å². The molecule has 0 amide bonds. The molecular weight excluding hydrogens is 263 g/mol. The van der Waals surface area contributed by atoms with Crippen molar-refractivity contribution in [3.05, 3.63) is 11.3 Å². The van der Waals surface area contributed by atoms with Crippen LogP contribution in [0.3, 0.4) is 0 Å². The molecule has 0 unspecified atom stereocenters. The van der Waals surface area contributed by atoms with Crippen LogP contribution in [0.4, 0.5) is 13.2 Å². The van der Waals surface area contributed by atoms with Crippen LogP contribution in [0.2, 0.25) is 0 Å². The normalized spacial score (nSPS) is 20.2. The van der Waals surface area contributed by atoms with E-state index in [2.05, 4.69) is 4.18 Å². The Hall–Kier alpha value is -1.27. The highest BCUT2D eigenvalue weighted by Crippen LogP contribution is 2.36. The zero-order valence-corrected chi connectivity index (χ0v) is 9.65. The van der Waals surface area contributed by atoms with Gasteiger partial charge in [0.05, 0.1) is 12.2 Å². The number of hydrogen-bond donors (Lipinski definition) is 0. The monoisotopic (exact) mass is 271 g/mol. The summed E-state index contributed by atoms with van der Waals surface area (Å²) in [4.78, 5) is 0. The van der Waals surface area contributed by atoms with E-state index in [1.54, 1.807) is 6.07 Å². The Morgan fingerprint density at radius 3 is 2.41 bits per heavy atom. The van der Waals surface area contributed by atoms with Gasteiger partial charge in [-0.2, -0.15) is 26.9 Å². The number of hydrogen-bond acceptors (Lipinski definition) is 5. The first kappa shape index (κ1) is 13.8. The van der Waals surface area contributed by atoms with E-state index < -0.39 is 27.0 Å². The van der Waals surface area contributed by atoms with E-state index in [1.807, 2.05) is 0 Å². The lowest BCUT2D eigenvalue weighted by Gasteiger charge is -2.21. The number of halogens is 3. The zero-order chi connectivity index (χ0) is 13.5. The topological polar surface area (TPSA) is 76.4 Å². The van der Waals surface area contributed by atoms with Crippen LogP contribution < -0.4 is 0 Å². The minimum Gasteiger partial charge on any atom is -0.376 e. The van der Waals surface area contributed by atoms with E-state index in [0.29, 0.717) is 0 Å². The van der Waals surface area contributed by atoms with Gasteiger partial charge in [-0.25, -0.2) is 0 Å². The van der Waals surface area contributed by atoms with Crippen molar-refractivity contribution in [3.8, 4) is 6.07 Å². The van der Waals surface area contributed by atoms with E-state index in [-0.39, 0.29) is 12.2 Å². The van der Waals surface area contributed by atoms with Crippen LogP contribution in [0, 0.1) is 11.3 Å². The third-order valence-corrected chi connectivity index (χ3v) is 2.96. The van der Waals surface area contributed by atoms with Gasteiger partial charge in [0.15, 0.2) is 5.76 Å². The number of ether oxygens (including phenoxy) is 1. The molecule has 0 saturated heterocycles. The Labute approximate surface area is 95.5 Å². The molecule has 1 rings (SSSR count). The number of nitriles is 1. The van der Waals surface area contributed by atoms with Gasteiger partial charge in [-0.15, -0.1) is 0 Å². The highest BCUT2D eigenvalue weighted by molar-refractivity contribution is 7.87. The molecule has 0 aromatic carbocycles. The average molecular weight is 271 g/mol. The van der Waals surface area contributed by atoms with E-state index in [4.69, 9.17) is 10.00 Å². The maximum Gasteiger partial charge on any atom is 0.534 e. The van der Waals surface area contributed by atoms with Gasteiger partial charge in [0.1, 0.15) is 11.7 Å². The molecule has 0 fully saturated rings. The summed E-state index contributed by atoms with van der Waals surface area (Å²) < 4.78 is 66.9. The maximum absolute atomic E-state index is 12.1. The van der Waals surface area contributed by atoms with Gasteiger partial charge in [0.25, 0.3) is 0 Å². The standard InChI is InChI=1S/C8H8F3NO4S/c1-7(2)6(5(3-12)4-15-7)16-17(13,14)8(9,10)11/h4H2,1-2H3. The SMILES string of the molecule is CC1(C)OCC(C#N)=C1OS(=O)(=O)C(F)(F)F. The summed E-state index contributed by atoms with van der Waals surface area (Å²) in [5, 5.41) is 8.62. The minimum atomic E-state index is -5.78. The summed E-state index contributed by atoms with van der Waals surface area (Å²) in [6.45, 7) is 2.32. The average Bonchev–Trinajstić information content (AvgIpc) is 2.40. The summed E-state index contributed by atoms with van der Waals surface area (Å²) in [5.41, 5.74) is -7.20. The van der Waals surface area contributed by atoms with Crippen molar-refractivity contribution in [1.82, 2.24) is 0 Å². The van der Waals surface area contributed by atoms with Crippen molar-refractivity contribution in [2.24, 2.45) is 0 Å². The third kappa shape index (κ3) is 2.53. The molecule has 9 heteroatoms. The highest BCUT2D eigenvalue weighted by Gasteiger charge is 2.51. The summed E-state index contributed by atoms with van der Waals surface area (Å²) >= 11 is 0. The largest absolute Gasteiger partial charge is 0.534 e. The lowest BCUT2D eigenvalue weighted by atomic mass is 10.1. The van der Waals surface area contributed by atoms with Crippen molar-refractivity contribution < 1.29 is 30.5 Å². The molecule has 96 valence electrons. The molecule has 1 aliphatic heterocycles. The van der Waals surface area contributed by atoms with Crippen LogP contribution in [0.25, 0.3) is 0 Å². The van der Waals surface area contributed by atoms with Crippen LogP contribution >= 0.6 is 0 Å². The Morgan fingerprint density at radius 1 is 1.47 bits per heavy atom. The van der Waals surface area contributed by atoms with Crippen LogP contribution in [0.1, 0.15) is 13.8 Å². The third-order valence-electron chi connectivity index (χ3n) is 2.01. The highest BCUT2D eigenvalue weighted by atomic mass is 32.2. The predicted octanol–water partition coefficient (Wildman–Crippen LogP) is 1.44. The van der Waals surface area contributed by atoms with Gasteiger partial charge >= 0.3 is 15.6 Å². The Bertz CT molecular complexity index is 498. The van der Waals surface area contributed by atoms with Gasteiger partial charge in [-0.05, 0) is 13.8 Å². The molecule has 0 bridgehead atoms. The first-order valence-corrected chi connectivity index (χ1v) is 5.70. The fourth-order valence-corrected chi connectivity index (χ4v) is 1.75. The van der Waals surface area contributed by atoms with Gasteiger partial charge in [-0.3, -0.25) is 0 Å². The van der Waals surface area contributed by atoms with Crippen LogP contribution in [0.5, 0.6) is 0 Å². The van der Waals surface area contributed by atoms with E-state index >= 15 is 0 Å². The molecule has 17 heavy (non-hydrogen) atoms. The molecule has 1 heterocycles. The smallest absolute Gasteiger partial charge is 0.376 e. The molecule has 0 N–H and O–H groups in total. The molecule has 0 saturated carbocycles. The second-order valence-electron chi connectivity index (χ2n) is 3.70. The van der Waals surface area contributed by atoms with E-state index in [1.165, 1.54) is 13.8 Å². The second kappa shape index (κ2) is 3.89. The van der Waals surface area contributed by atoms with Gasteiger partial charge in [0, 0.05) is 0 Å². The number of nitrogens with zero attached hydrogens (tertiary/aromatic N) is 1. The molecule has 0 aromatic rings. The van der Waals surface area contributed by atoms with Crippen LogP contribution in [-0.4, -0.2) is 26.1 Å². The van der Waals surface area contributed by atoms with Crippen LogP contribution in [0.15, 0.2) is 11.3 Å². The Morgan fingerprint density at radius 2 is 2.00 bits per heavy atom. The van der Waals surface area contributed by atoms with Crippen molar-refractivity contribution >= 4 is 10.1 Å². The van der Waals surface area contributed by atoms with Crippen molar-refractivity contribution in [3.63, 3.8) is 0 Å². The zero-order valence-electron chi connectivity index (χ0n) is 8.83.